The van der Waals surface area contributed by atoms with Gasteiger partial charge < -0.3 is 10.6 Å². The van der Waals surface area contributed by atoms with Crippen LogP contribution >= 0.6 is 0 Å². The van der Waals surface area contributed by atoms with Gasteiger partial charge in [0.05, 0.1) is 6.04 Å². The van der Waals surface area contributed by atoms with Gasteiger partial charge in [0.1, 0.15) is 0 Å². The van der Waals surface area contributed by atoms with Crippen molar-refractivity contribution in [1.82, 2.24) is 9.80 Å². The molecule has 5 heteroatoms. The summed E-state index contributed by atoms with van der Waals surface area (Å²) in [6.07, 6.45) is 6.42. The van der Waals surface area contributed by atoms with Crippen LogP contribution in [0, 0.1) is 0 Å². The highest BCUT2D eigenvalue weighted by molar-refractivity contribution is 5.91. The summed E-state index contributed by atoms with van der Waals surface area (Å²) >= 11 is 0. The molecule has 1 aromatic carbocycles. The Labute approximate surface area is 143 Å². The number of carbonyl (C=O) groups excluding carboxylic acids is 2. The second-order valence-corrected chi connectivity index (χ2v) is 6.14. The molecule has 2 amide bonds. The summed E-state index contributed by atoms with van der Waals surface area (Å²) in [5, 5.41) is 0. The SMILES string of the molecule is CC(C(N)=O)N1CCC=C(CN(C)C(=O)/C=C/c2ccccc2)C1. The maximum atomic E-state index is 12.2. The molecule has 128 valence electrons. The average molecular weight is 327 g/mol. The van der Waals surface area contributed by atoms with Crippen molar-refractivity contribution in [1.29, 1.82) is 0 Å². The first-order chi connectivity index (χ1) is 11.5. The smallest absolute Gasteiger partial charge is 0.246 e. The molecule has 0 radical (unpaired) electrons. The van der Waals surface area contributed by atoms with E-state index >= 15 is 0 Å². The zero-order valence-corrected chi connectivity index (χ0v) is 14.3. The van der Waals surface area contributed by atoms with Crippen LogP contribution < -0.4 is 5.73 Å². The summed E-state index contributed by atoms with van der Waals surface area (Å²) in [7, 11) is 1.79. The van der Waals surface area contributed by atoms with E-state index in [1.54, 1.807) is 18.0 Å². The van der Waals surface area contributed by atoms with Gasteiger partial charge in [-0.2, -0.15) is 0 Å². The zero-order valence-electron chi connectivity index (χ0n) is 14.3. The van der Waals surface area contributed by atoms with E-state index in [4.69, 9.17) is 5.73 Å². The van der Waals surface area contributed by atoms with Crippen LogP contribution in [0.25, 0.3) is 6.08 Å². The van der Waals surface area contributed by atoms with Gasteiger partial charge in [0, 0.05) is 32.8 Å². The highest BCUT2D eigenvalue weighted by atomic mass is 16.2. The van der Waals surface area contributed by atoms with Crippen molar-refractivity contribution in [2.75, 3.05) is 26.7 Å². The van der Waals surface area contributed by atoms with Gasteiger partial charge in [-0.05, 0) is 30.6 Å². The van der Waals surface area contributed by atoms with Gasteiger partial charge in [0.25, 0.3) is 0 Å². The van der Waals surface area contributed by atoms with E-state index in [2.05, 4.69) is 11.0 Å². The van der Waals surface area contributed by atoms with Gasteiger partial charge in [0.2, 0.25) is 11.8 Å². The monoisotopic (exact) mass is 327 g/mol. The van der Waals surface area contributed by atoms with Crippen LogP contribution in [0.5, 0.6) is 0 Å². The lowest BCUT2D eigenvalue weighted by atomic mass is 10.1. The molecule has 0 aromatic heterocycles. The number of primary amides is 1. The average Bonchev–Trinajstić information content (AvgIpc) is 2.60. The van der Waals surface area contributed by atoms with Gasteiger partial charge in [0.15, 0.2) is 0 Å². The number of hydrogen-bond acceptors (Lipinski definition) is 3. The number of likely N-dealkylation sites (N-methyl/N-ethyl adjacent to an activating group) is 1. The van der Waals surface area contributed by atoms with Crippen LogP contribution in [0.2, 0.25) is 0 Å². The predicted octanol–water partition coefficient (Wildman–Crippen LogP) is 1.66. The number of nitrogens with two attached hydrogens (primary N) is 1. The Bertz CT molecular complexity index is 637. The molecule has 1 aliphatic rings. The molecular formula is C19H25N3O2. The Hall–Kier alpha value is -2.40. The summed E-state index contributed by atoms with van der Waals surface area (Å²) in [6, 6.07) is 9.45. The number of hydrogen-bond donors (Lipinski definition) is 1. The third-order valence-electron chi connectivity index (χ3n) is 4.25. The van der Waals surface area contributed by atoms with Crippen molar-refractivity contribution < 1.29 is 9.59 Å². The largest absolute Gasteiger partial charge is 0.368 e. The first kappa shape index (κ1) is 17.9. The van der Waals surface area contributed by atoms with Gasteiger partial charge in [-0.15, -0.1) is 0 Å². The summed E-state index contributed by atoms with van der Waals surface area (Å²) in [4.78, 5) is 27.3. The Morgan fingerprint density at radius 3 is 2.71 bits per heavy atom. The standard InChI is InChI=1S/C19H25N3O2/c1-15(19(20)24)22-12-6-9-17(14-22)13-21(2)18(23)11-10-16-7-4-3-5-8-16/h3-5,7-11,15H,6,12-14H2,1-2H3,(H2,20,24)/b11-10+. The lowest BCUT2D eigenvalue weighted by Gasteiger charge is -2.32. The van der Waals surface area contributed by atoms with Crippen molar-refractivity contribution in [2.45, 2.75) is 19.4 Å². The van der Waals surface area contributed by atoms with E-state index in [0.29, 0.717) is 13.1 Å². The number of benzene rings is 1. The Morgan fingerprint density at radius 2 is 2.04 bits per heavy atom. The minimum absolute atomic E-state index is 0.0418. The number of carbonyl (C=O) groups is 2. The molecule has 2 N–H and O–H groups in total. The minimum atomic E-state index is -0.313. The Balaban J connectivity index is 1.90. The summed E-state index contributed by atoms with van der Waals surface area (Å²) in [5.74, 6) is -0.355. The van der Waals surface area contributed by atoms with Crippen LogP contribution in [0.15, 0.2) is 48.1 Å². The van der Waals surface area contributed by atoms with Crippen molar-refractivity contribution in [3.63, 3.8) is 0 Å². The van der Waals surface area contributed by atoms with E-state index in [0.717, 1.165) is 24.1 Å². The van der Waals surface area contributed by atoms with E-state index in [1.807, 2.05) is 43.3 Å². The van der Waals surface area contributed by atoms with Gasteiger partial charge in [-0.25, -0.2) is 0 Å². The molecule has 1 atom stereocenters. The second kappa shape index (κ2) is 8.45. The van der Waals surface area contributed by atoms with E-state index in [-0.39, 0.29) is 17.9 Å². The van der Waals surface area contributed by atoms with Crippen LogP contribution in [-0.4, -0.2) is 54.3 Å². The molecule has 0 saturated carbocycles. The number of nitrogens with zero attached hydrogens (tertiary/aromatic N) is 2. The lowest BCUT2D eigenvalue weighted by molar-refractivity contribution is -0.125. The molecule has 0 bridgehead atoms. The van der Waals surface area contributed by atoms with Gasteiger partial charge in [-0.3, -0.25) is 14.5 Å². The molecule has 1 aliphatic heterocycles. The Kier molecular flexibility index (Phi) is 6.32. The fourth-order valence-electron chi connectivity index (χ4n) is 2.71. The maximum Gasteiger partial charge on any atom is 0.246 e. The zero-order chi connectivity index (χ0) is 17.5. The molecule has 0 spiro atoms. The molecular weight excluding hydrogens is 302 g/mol. The highest BCUT2D eigenvalue weighted by Gasteiger charge is 2.22. The first-order valence-electron chi connectivity index (χ1n) is 8.17. The molecule has 0 saturated heterocycles. The molecule has 0 aliphatic carbocycles. The van der Waals surface area contributed by atoms with Crippen LogP contribution in [0.3, 0.4) is 0 Å². The highest BCUT2D eigenvalue weighted by Crippen LogP contribution is 2.14. The van der Waals surface area contributed by atoms with Gasteiger partial charge in [-0.1, -0.05) is 36.4 Å². The quantitative estimate of drug-likeness (QED) is 0.638. The van der Waals surface area contributed by atoms with Crippen molar-refractivity contribution in [2.24, 2.45) is 5.73 Å². The molecule has 2 rings (SSSR count). The van der Waals surface area contributed by atoms with Crippen molar-refractivity contribution >= 4 is 17.9 Å². The normalized spacial score (nSPS) is 16.7. The molecule has 1 unspecified atom stereocenters. The fraction of sp³-hybridized carbons (Fsp3) is 0.368. The number of rotatable bonds is 6. The summed E-state index contributed by atoms with van der Waals surface area (Å²) in [6.45, 7) is 3.87. The van der Waals surface area contributed by atoms with Gasteiger partial charge >= 0.3 is 0 Å². The third-order valence-corrected chi connectivity index (χ3v) is 4.25. The third kappa shape index (κ3) is 5.06. The van der Waals surface area contributed by atoms with E-state index in [9.17, 15) is 9.59 Å². The van der Waals surface area contributed by atoms with Crippen molar-refractivity contribution in [3.8, 4) is 0 Å². The fourth-order valence-corrected chi connectivity index (χ4v) is 2.71. The van der Waals surface area contributed by atoms with E-state index in [1.165, 1.54) is 0 Å². The minimum Gasteiger partial charge on any atom is -0.368 e. The maximum absolute atomic E-state index is 12.2. The summed E-state index contributed by atoms with van der Waals surface area (Å²) < 4.78 is 0. The predicted molar refractivity (Wildman–Crippen MR) is 96.0 cm³/mol. The van der Waals surface area contributed by atoms with Crippen LogP contribution in [0.4, 0.5) is 0 Å². The number of amides is 2. The molecule has 0 fully saturated rings. The lowest BCUT2D eigenvalue weighted by Crippen LogP contribution is -2.46. The Morgan fingerprint density at radius 1 is 1.33 bits per heavy atom. The van der Waals surface area contributed by atoms with Crippen molar-refractivity contribution in [3.05, 3.63) is 53.6 Å². The van der Waals surface area contributed by atoms with E-state index < -0.39 is 0 Å². The molecule has 1 aromatic rings. The first-order valence-corrected chi connectivity index (χ1v) is 8.17. The molecule has 5 nitrogen and oxygen atoms in total. The molecule has 1 heterocycles. The summed E-state index contributed by atoms with van der Waals surface area (Å²) in [5.41, 5.74) is 7.52. The second-order valence-electron chi connectivity index (χ2n) is 6.14. The van der Waals surface area contributed by atoms with Crippen LogP contribution in [-0.2, 0) is 9.59 Å². The molecule has 24 heavy (non-hydrogen) atoms. The van der Waals surface area contributed by atoms with Crippen LogP contribution in [0.1, 0.15) is 18.9 Å². The topological polar surface area (TPSA) is 66.6 Å².